The molecule has 0 radical (unpaired) electrons. The van der Waals surface area contributed by atoms with Crippen molar-refractivity contribution < 1.29 is 4.52 Å². The van der Waals surface area contributed by atoms with Crippen LogP contribution >= 0.6 is 0 Å². The Morgan fingerprint density at radius 2 is 1.94 bits per heavy atom. The molecule has 1 aliphatic carbocycles. The Bertz CT molecular complexity index is 493. The van der Waals surface area contributed by atoms with E-state index in [1.807, 2.05) is 6.08 Å². The lowest BCUT2D eigenvalue weighted by atomic mass is 9.93. The standard InChI is InChI=1S/C14H19N3O/c1-14(2)5-3-11-12(4-6-14)18-16-13(11)17-9-7-15-8-10-17/h3-6,15H,7-10H2,1-2H3. The fraction of sp³-hybridized carbons (Fsp3) is 0.500. The summed E-state index contributed by atoms with van der Waals surface area (Å²) in [6.45, 7) is 8.35. The second kappa shape index (κ2) is 4.28. The lowest BCUT2D eigenvalue weighted by Gasteiger charge is -2.27. The van der Waals surface area contributed by atoms with Crippen LogP contribution in [-0.4, -0.2) is 31.3 Å². The predicted molar refractivity (Wildman–Crippen MR) is 73.4 cm³/mol. The summed E-state index contributed by atoms with van der Waals surface area (Å²) in [5.41, 5.74) is 1.18. The van der Waals surface area contributed by atoms with E-state index < -0.39 is 0 Å². The van der Waals surface area contributed by atoms with Crippen LogP contribution in [0.4, 0.5) is 5.82 Å². The van der Waals surface area contributed by atoms with Gasteiger partial charge in [0.15, 0.2) is 11.6 Å². The van der Waals surface area contributed by atoms with E-state index in [4.69, 9.17) is 4.52 Å². The van der Waals surface area contributed by atoms with Gasteiger partial charge in [0.25, 0.3) is 0 Å². The van der Waals surface area contributed by atoms with Gasteiger partial charge in [-0.1, -0.05) is 37.2 Å². The summed E-state index contributed by atoms with van der Waals surface area (Å²) in [6, 6.07) is 0. The van der Waals surface area contributed by atoms with Gasteiger partial charge in [0.1, 0.15) is 0 Å². The van der Waals surface area contributed by atoms with Crippen molar-refractivity contribution in [3.8, 4) is 0 Å². The molecule has 96 valence electrons. The molecule has 18 heavy (non-hydrogen) atoms. The second-order valence-corrected chi connectivity index (χ2v) is 5.51. The van der Waals surface area contributed by atoms with Crippen molar-refractivity contribution in [2.45, 2.75) is 13.8 Å². The smallest absolute Gasteiger partial charge is 0.180 e. The molecule has 2 aliphatic rings. The summed E-state index contributed by atoms with van der Waals surface area (Å²) in [7, 11) is 0. The number of piperazine rings is 1. The quantitative estimate of drug-likeness (QED) is 0.823. The normalized spacial score (nSPS) is 21.8. The van der Waals surface area contributed by atoms with Crippen molar-refractivity contribution in [1.82, 2.24) is 10.5 Å². The zero-order valence-corrected chi connectivity index (χ0v) is 10.9. The highest BCUT2D eigenvalue weighted by Crippen LogP contribution is 2.32. The fourth-order valence-corrected chi connectivity index (χ4v) is 2.33. The van der Waals surface area contributed by atoms with Crippen LogP contribution < -0.4 is 10.2 Å². The zero-order valence-electron chi connectivity index (χ0n) is 10.9. The maximum atomic E-state index is 5.46. The maximum Gasteiger partial charge on any atom is 0.180 e. The molecule has 1 saturated heterocycles. The first-order valence-electron chi connectivity index (χ1n) is 6.49. The molecule has 1 aliphatic heterocycles. The van der Waals surface area contributed by atoms with Gasteiger partial charge in [-0.15, -0.1) is 0 Å². The minimum Gasteiger partial charge on any atom is -0.354 e. The van der Waals surface area contributed by atoms with Crippen LogP contribution in [0.1, 0.15) is 25.2 Å². The number of fused-ring (bicyclic) bond motifs is 1. The molecule has 0 bridgehead atoms. The van der Waals surface area contributed by atoms with Crippen LogP contribution in [0.5, 0.6) is 0 Å². The summed E-state index contributed by atoms with van der Waals surface area (Å²) >= 11 is 0. The fourth-order valence-electron chi connectivity index (χ4n) is 2.33. The van der Waals surface area contributed by atoms with Crippen molar-refractivity contribution in [2.24, 2.45) is 5.41 Å². The first-order valence-corrected chi connectivity index (χ1v) is 6.49. The van der Waals surface area contributed by atoms with Crippen LogP contribution in [0.3, 0.4) is 0 Å². The number of hydrogen-bond acceptors (Lipinski definition) is 4. The first kappa shape index (κ1) is 11.5. The molecule has 3 rings (SSSR count). The number of aromatic nitrogens is 1. The number of nitrogens with zero attached hydrogens (tertiary/aromatic N) is 2. The summed E-state index contributed by atoms with van der Waals surface area (Å²) < 4.78 is 5.46. The van der Waals surface area contributed by atoms with Crippen molar-refractivity contribution in [2.75, 3.05) is 31.1 Å². The number of nitrogens with one attached hydrogen (secondary N) is 1. The molecule has 0 saturated carbocycles. The molecule has 4 nitrogen and oxygen atoms in total. The zero-order chi connectivity index (χ0) is 12.6. The first-order chi connectivity index (χ1) is 8.66. The van der Waals surface area contributed by atoms with Crippen LogP contribution in [-0.2, 0) is 0 Å². The lowest BCUT2D eigenvalue weighted by Crippen LogP contribution is -2.43. The van der Waals surface area contributed by atoms with Crippen LogP contribution in [0.2, 0.25) is 0 Å². The van der Waals surface area contributed by atoms with Gasteiger partial charge in [-0.25, -0.2) is 0 Å². The van der Waals surface area contributed by atoms with Gasteiger partial charge in [-0.3, -0.25) is 0 Å². The van der Waals surface area contributed by atoms with Crippen LogP contribution in [0.25, 0.3) is 12.2 Å². The Kier molecular flexibility index (Phi) is 2.74. The largest absolute Gasteiger partial charge is 0.354 e. The monoisotopic (exact) mass is 245 g/mol. The average Bonchev–Trinajstić information content (AvgIpc) is 2.72. The number of rotatable bonds is 1. The van der Waals surface area contributed by atoms with Gasteiger partial charge in [-0.05, 0) is 6.08 Å². The minimum atomic E-state index is 0.0717. The number of allylic oxidation sites excluding steroid dienone is 2. The van der Waals surface area contributed by atoms with Gasteiger partial charge in [0.2, 0.25) is 0 Å². The lowest BCUT2D eigenvalue weighted by molar-refractivity contribution is 0.409. The molecule has 0 amide bonds. The highest BCUT2D eigenvalue weighted by Gasteiger charge is 2.22. The third kappa shape index (κ3) is 2.08. The maximum absolute atomic E-state index is 5.46. The molecule has 2 heterocycles. The SMILES string of the molecule is CC1(C)C=Cc2onc(N3CCNCC3)c2C=C1. The molecule has 0 spiro atoms. The predicted octanol–water partition coefficient (Wildman–Crippen LogP) is 2.15. The van der Waals surface area contributed by atoms with E-state index in [0.29, 0.717) is 0 Å². The summed E-state index contributed by atoms with van der Waals surface area (Å²) in [5.74, 6) is 1.84. The van der Waals surface area contributed by atoms with Crippen LogP contribution in [0, 0.1) is 5.41 Å². The summed E-state index contributed by atoms with van der Waals surface area (Å²) in [6.07, 6.45) is 8.54. The van der Waals surface area contributed by atoms with Gasteiger partial charge in [0, 0.05) is 31.6 Å². The summed E-state index contributed by atoms with van der Waals surface area (Å²) in [4.78, 5) is 2.29. The van der Waals surface area contributed by atoms with E-state index in [2.05, 4.69) is 47.4 Å². The van der Waals surface area contributed by atoms with Gasteiger partial charge in [0.05, 0.1) is 5.56 Å². The van der Waals surface area contributed by atoms with Gasteiger partial charge < -0.3 is 14.7 Å². The van der Waals surface area contributed by atoms with Crippen molar-refractivity contribution in [1.29, 1.82) is 0 Å². The third-order valence-electron chi connectivity index (χ3n) is 3.50. The van der Waals surface area contributed by atoms with E-state index in [0.717, 1.165) is 43.3 Å². The molecule has 1 N–H and O–H groups in total. The Hall–Kier alpha value is -1.55. The molecule has 4 heteroatoms. The third-order valence-corrected chi connectivity index (χ3v) is 3.50. The van der Waals surface area contributed by atoms with Crippen LogP contribution in [0.15, 0.2) is 16.7 Å². The molecule has 0 unspecified atom stereocenters. The molecular weight excluding hydrogens is 226 g/mol. The Morgan fingerprint density at radius 3 is 2.72 bits per heavy atom. The molecular formula is C14H19N3O. The Labute approximate surface area is 107 Å². The van der Waals surface area contributed by atoms with E-state index in [1.165, 1.54) is 0 Å². The van der Waals surface area contributed by atoms with E-state index in [1.54, 1.807) is 0 Å². The molecule has 1 aromatic rings. The molecule has 0 aromatic carbocycles. The van der Waals surface area contributed by atoms with Gasteiger partial charge >= 0.3 is 0 Å². The van der Waals surface area contributed by atoms with Crippen molar-refractivity contribution in [3.05, 3.63) is 23.5 Å². The van der Waals surface area contributed by atoms with E-state index in [9.17, 15) is 0 Å². The van der Waals surface area contributed by atoms with Gasteiger partial charge in [-0.2, -0.15) is 0 Å². The topological polar surface area (TPSA) is 41.3 Å². The number of hydrogen-bond donors (Lipinski definition) is 1. The summed E-state index contributed by atoms with van der Waals surface area (Å²) in [5, 5.41) is 7.58. The minimum absolute atomic E-state index is 0.0717. The molecule has 0 atom stereocenters. The Morgan fingerprint density at radius 1 is 1.22 bits per heavy atom. The molecule has 1 fully saturated rings. The highest BCUT2D eigenvalue weighted by molar-refractivity contribution is 5.73. The molecule has 1 aromatic heterocycles. The van der Waals surface area contributed by atoms with E-state index >= 15 is 0 Å². The second-order valence-electron chi connectivity index (χ2n) is 5.51. The van der Waals surface area contributed by atoms with Crippen molar-refractivity contribution in [3.63, 3.8) is 0 Å². The number of anilines is 1. The highest BCUT2D eigenvalue weighted by atomic mass is 16.5. The Balaban J connectivity index is 1.96. The average molecular weight is 245 g/mol. The van der Waals surface area contributed by atoms with Crippen molar-refractivity contribution >= 4 is 18.0 Å². The van der Waals surface area contributed by atoms with E-state index in [-0.39, 0.29) is 5.41 Å².